The third-order valence-corrected chi connectivity index (χ3v) is 4.10. The molecule has 8 heteroatoms. The van der Waals surface area contributed by atoms with Gasteiger partial charge in [0, 0.05) is 24.6 Å². The van der Waals surface area contributed by atoms with Crippen LogP contribution in [0.4, 0.5) is 0 Å². The number of benzene rings is 2. The number of carbonyl (C=O) groups is 3. The van der Waals surface area contributed by atoms with Crippen molar-refractivity contribution in [2.45, 2.75) is 13.8 Å². The average molecular weight is 378 g/mol. The number of nitrogens with zero attached hydrogens (tertiary/aromatic N) is 3. The van der Waals surface area contributed by atoms with Crippen molar-refractivity contribution in [1.29, 1.82) is 0 Å². The van der Waals surface area contributed by atoms with E-state index in [1.54, 1.807) is 24.3 Å². The van der Waals surface area contributed by atoms with Gasteiger partial charge in [-0.25, -0.2) is 0 Å². The quantitative estimate of drug-likeness (QED) is 0.529. The first-order valence-electron chi connectivity index (χ1n) is 8.50. The lowest BCUT2D eigenvalue weighted by molar-refractivity contribution is 0.0807. The molecule has 2 N–H and O–H groups in total. The van der Waals surface area contributed by atoms with Crippen LogP contribution in [0.5, 0.6) is 0 Å². The minimum atomic E-state index is -0.636. The summed E-state index contributed by atoms with van der Waals surface area (Å²) < 4.78 is 1.06. The summed E-state index contributed by atoms with van der Waals surface area (Å²) in [5, 5.41) is 21.0. The van der Waals surface area contributed by atoms with Gasteiger partial charge in [0.1, 0.15) is 18.0 Å². The van der Waals surface area contributed by atoms with Crippen molar-refractivity contribution in [3.8, 4) is 0 Å². The van der Waals surface area contributed by atoms with Crippen LogP contribution in [-0.2, 0) is 0 Å². The first kappa shape index (κ1) is 19.1. The van der Waals surface area contributed by atoms with Gasteiger partial charge >= 0.3 is 0 Å². The maximum atomic E-state index is 11.4. The maximum Gasteiger partial charge on any atom is 0.273 e. The van der Waals surface area contributed by atoms with Crippen molar-refractivity contribution in [3.63, 3.8) is 0 Å². The molecule has 0 aliphatic rings. The number of para-hydroxylation sites is 2. The molecule has 0 amide bonds. The van der Waals surface area contributed by atoms with Gasteiger partial charge in [-0.3, -0.25) is 19.5 Å². The Hall–Kier alpha value is -3.65. The summed E-state index contributed by atoms with van der Waals surface area (Å²) in [7, 11) is 0. The molecule has 0 fully saturated rings. The summed E-state index contributed by atoms with van der Waals surface area (Å²) >= 11 is 0. The van der Waals surface area contributed by atoms with E-state index in [2.05, 4.69) is 15.3 Å². The molecule has 0 saturated heterocycles. The van der Waals surface area contributed by atoms with E-state index in [4.69, 9.17) is 5.11 Å². The van der Waals surface area contributed by atoms with Crippen molar-refractivity contribution in [3.05, 3.63) is 59.9 Å². The van der Waals surface area contributed by atoms with Crippen LogP contribution in [0.3, 0.4) is 0 Å². The van der Waals surface area contributed by atoms with Crippen molar-refractivity contribution >= 4 is 39.3 Å². The molecule has 0 aliphatic carbocycles. The molecule has 142 valence electrons. The van der Waals surface area contributed by atoms with Crippen molar-refractivity contribution in [1.82, 2.24) is 20.0 Å². The second-order valence-corrected chi connectivity index (χ2v) is 6.06. The number of carbonyl (C=O) groups excluding carboxylic acids is 3. The number of aromatic amines is 1. The Bertz CT molecular complexity index is 1190. The highest BCUT2D eigenvalue weighted by atomic mass is 16.3. The molecule has 8 nitrogen and oxygen atoms in total. The highest BCUT2D eigenvalue weighted by molar-refractivity contribution is 6.07. The number of fused-ring (bicyclic) bond motifs is 2. The second kappa shape index (κ2) is 7.93. The zero-order valence-electron chi connectivity index (χ0n) is 15.3. The average Bonchev–Trinajstić information content (AvgIpc) is 3.30. The van der Waals surface area contributed by atoms with Gasteiger partial charge in [0.25, 0.3) is 5.91 Å². The monoisotopic (exact) mass is 378 g/mol. The molecule has 0 bridgehead atoms. The molecule has 2 aromatic heterocycles. The van der Waals surface area contributed by atoms with E-state index in [0.29, 0.717) is 16.6 Å². The molecule has 2 aromatic carbocycles. The van der Waals surface area contributed by atoms with Crippen LogP contribution in [0.15, 0.2) is 48.5 Å². The number of ketones is 2. The molecule has 28 heavy (non-hydrogen) atoms. The zero-order valence-corrected chi connectivity index (χ0v) is 15.3. The van der Waals surface area contributed by atoms with Crippen molar-refractivity contribution in [2.24, 2.45) is 0 Å². The Morgan fingerprint density at radius 3 is 2.18 bits per heavy atom. The van der Waals surface area contributed by atoms with Gasteiger partial charge < -0.3 is 5.11 Å². The molecular formula is C20H18N4O4. The topological polar surface area (TPSA) is 118 Å². The van der Waals surface area contributed by atoms with Gasteiger partial charge in [-0.15, -0.1) is 0 Å². The third-order valence-electron chi connectivity index (χ3n) is 4.10. The summed E-state index contributed by atoms with van der Waals surface area (Å²) in [6.45, 7) is 2.27. The summed E-state index contributed by atoms with van der Waals surface area (Å²) in [6, 6.07) is 14.5. The number of aliphatic hydroxyl groups excluding tert-OH is 1. The fourth-order valence-electron chi connectivity index (χ4n) is 2.82. The van der Waals surface area contributed by atoms with Gasteiger partial charge in [0.15, 0.2) is 11.6 Å². The number of Topliss-reactive ketones (excluding diaryl/α,β-unsaturated/α-hetero) is 2. The minimum absolute atomic E-state index is 0.00699. The number of hydrogen-bond acceptors (Lipinski definition) is 6. The lowest BCUT2D eigenvalue weighted by Gasteiger charge is -1.97. The molecule has 4 aromatic rings. The zero-order chi connectivity index (χ0) is 20.3. The summed E-state index contributed by atoms with van der Waals surface area (Å²) in [6.07, 6.45) is 0. The Morgan fingerprint density at radius 1 is 0.929 bits per heavy atom. The molecule has 2 heterocycles. The molecule has 0 aliphatic heterocycles. The number of hydrogen-bond donors (Lipinski definition) is 2. The van der Waals surface area contributed by atoms with E-state index >= 15 is 0 Å². The van der Waals surface area contributed by atoms with E-state index < -0.39 is 12.5 Å². The lowest BCUT2D eigenvalue weighted by Crippen LogP contribution is -2.16. The molecule has 0 spiro atoms. The Labute approximate surface area is 159 Å². The number of nitrogens with one attached hydrogen (secondary N) is 1. The van der Waals surface area contributed by atoms with Crippen LogP contribution in [0.25, 0.3) is 21.8 Å². The third kappa shape index (κ3) is 3.58. The summed E-state index contributed by atoms with van der Waals surface area (Å²) in [4.78, 5) is 33.8. The van der Waals surface area contributed by atoms with E-state index in [1.165, 1.54) is 13.8 Å². The second-order valence-electron chi connectivity index (χ2n) is 6.06. The predicted octanol–water partition coefficient (Wildman–Crippen LogP) is 2.64. The molecule has 0 saturated carbocycles. The first-order valence-corrected chi connectivity index (χ1v) is 8.50. The largest absolute Gasteiger partial charge is 0.386 e. The fraction of sp³-hybridized carbons (Fsp3) is 0.150. The summed E-state index contributed by atoms with van der Waals surface area (Å²) in [5.41, 5.74) is 2.21. The Kier molecular flexibility index (Phi) is 5.42. The highest BCUT2D eigenvalue weighted by Gasteiger charge is 2.16. The Morgan fingerprint density at radius 2 is 1.54 bits per heavy atom. The van der Waals surface area contributed by atoms with E-state index in [9.17, 15) is 14.4 Å². The van der Waals surface area contributed by atoms with Crippen LogP contribution in [-0.4, -0.2) is 49.2 Å². The molecule has 0 radical (unpaired) electrons. The predicted molar refractivity (Wildman–Crippen MR) is 104 cm³/mol. The number of aromatic nitrogens is 4. The van der Waals surface area contributed by atoms with Crippen LogP contribution in [0.2, 0.25) is 0 Å². The van der Waals surface area contributed by atoms with Gasteiger partial charge in [0.05, 0.1) is 11.0 Å². The number of aliphatic hydroxyl groups is 1. The smallest absolute Gasteiger partial charge is 0.273 e. The SMILES string of the molecule is CC(=O)c1n[nH]c2ccccc12.CC(=O)c1nn(C(=O)CO)c2ccccc12. The van der Waals surface area contributed by atoms with Gasteiger partial charge in [-0.2, -0.15) is 14.9 Å². The molecule has 0 unspecified atom stereocenters. The number of H-pyrrole nitrogens is 1. The molecule has 4 rings (SSSR count). The molecule has 0 atom stereocenters. The summed E-state index contributed by atoms with van der Waals surface area (Å²) in [5.74, 6) is -0.767. The van der Waals surface area contributed by atoms with Gasteiger partial charge in [-0.1, -0.05) is 36.4 Å². The maximum absolute atomic E-state index is 11.4. The van der Waals surface area contributed by atoms with E-state index in [-0.39, 0.29) is 17.3 Å². The Balaban J connectivity index is 0.000000167. The number of rotatable bonds is 3. The highest BCUT2D eigenvalue weighted by Crippen LogP contribution is 2.18. The first-order chi connectivity index (χ1) is 13.4. The van der Waals surface area contributed by atoms with Crippen molar-refractivity contribution in [2.75, 3.05) is 6.61 Å². The van der Waals surface area contributed by atoms with Crippen LogP contribution < -0.4 is 0 Å². The van der Waals surface area contributed by atoms with Crippen LogP contribution in [0, 0.1) is 0 Å². The minimum Gasteiger partial charge on any atom is -0.386 e. The van der Waals surface area contributed by atoms with Gasteiger partial charge in [0.2, 0.25) is 0 Å². The lowest BCUT2D eigenvalue weighted by atomic mass is 10.2. The fourth-order valence-corrected chi connectivity index (χ4v) is 2.82. The van der Waals surface area contributed by atoms with E-state index in [0.717, 1.165) is 15.6 Å². The van der Waals surface area contributed by atoms with Gasteiger partial charge in [-0.05, 0) is 12.1 Å². The van der Waals surface area contributed by atoms with E-state index in [1.807, 2.05) is 24.3 Å². The normalized spacial score (nSPS) is 10.5. The molecular weight excluding hydrogens is 360 g/mol. The van der Waals surface area contributed by atoms with Crippen LogP contribution in [0.1, 0.15) is 39.6 Å². The van der Waals surface area contributed by atoms with Crippen LogP contribution >= 0.6 is 0 Å². The van der Waals surface area contributed by atoms with Crippen molar-refractivity contribution < 1.29 is 19.5 Å². The standard InChI is InChI=1S/C11H10N2O3.C9H8N2O/c1-7(15)11-8-4-2-3-5-9(8)13(12-11)10(16)6-14;1-6(12)9-7-4-2-3-5-8(7)10-11-9/h2-5,14H,6H2,1H3;2-5H,1H3,(H,10,11).